The first kappa shape index (κ1) is 17.7. The van der Waals surface area contributed by atoms with Crippen molar-refractivity contribution in [2.45, 2.75) is 54.0 Å². The van der Waals surface area contributed by atoms with E-state index in [2.05, 4.69) is 31.4 Å². The lowest BCUT2D eigenvalue weighted by Gasteiger charge is -2.38. The molecule has 0 saturated carbocycles. The predicted molar refractivity (Wildman–Crippen MR) is 76.0 cm³/mol. The zero-order valence-corrected chi connectivity index (χ0v) is 13.1. The van der Waals surface area contributed by atoms with Gasteiger partial charge in [-0.2, -0.15) is 0 Å². The van der Waals surface area contributed by atoms with E-state index in [-0.39, 0.29) is 6.03 Å². The molecule has 5 nitrogen and oxygen atoms in total. The molecule has 5 heteroatoms. The van der Waals surface area contributed by atoms with Crippen LogP contribution in [-0.2, 0) is 4.79 Å². The third kappa shape index (κ3) is 4.73. The Hall–Kier alpha value is -1.26. The minimum atomic E-state index is -1.05. The van der Waals surface area contributed by atoms with Crippen LogP contribution in [0.4, 0.5) is 4.79 Å². The number of amides is 2. The molecule has 1 unspecified atom stereocenters. The lowest BCUT2D eigenvalue weighted by molar-refractivity contribution is -0.150. The van der Waals surface area contributed by atoms with Crippen molar-refractivity contribution in [2.75, 3.05) is 6.54 Å². The van der Waals surface area contributed by atoms with Gasteiger partial charge in [0, 0.05) is 6.54 Å². The van der Waals surface area contributed by atoms with Gasteiger partial charge in [0.1, 0.15) is 0 Å². The third-order valence-corrected chi connectivity index (χ3v) is 4.25. The van der Waals surface area contributed by atoms with Crippen LogP contribution in [0.2, 0.25) is 0 Å². The van der Waals surface area contributed by atoms with E-state index in [0.29, 0.717) is 18.4 Å². The molecular weight excluding hydrogens is 244 g/mol. The van der Waals surface area contributed by atoms with Gasteiger partial charge in [-0.3, -0.25) is 4.79 Å². The number of urea groups is 1. The SMILES string of the molecule is CC(C)C(C)CNC(=O)NC(C)(C)C(C)(C)C(=O)O. The molecule has 0 aromatic heterocycles. The van der Waals surface area contributed by atoms with Gasteiger partial charge in [0.25, 0.3) is 0 Å². The van der Waals surface area contributed by atoms with Crippen molar-refractivity contribution < 1.29 is 14.7 Å². The van der Waals surface area contributed by atoms with Crippen molar-refractivity contribution >= 4 is 12.0 Å². The monoisotopic (exact) mass is 272 g/mol. The Morgan fingerprint density at radius 1 is 1.11 bits per heavy atom. The largest absolute Gasteiger partial charge is 0.481 e. The fourth-order valence-corrected chi connectivity index (χ4v) is 1.24. The van der Waals surface area contributed by atoms with Gasteiger partial charge in [-0.1, -0.05) is 20.8 Å². The Morgan fingerprint density at radius 2 is 1.58 bits per heavy atom. The van der Waals surface area contributed by atoms with Gasteiger partial charge in [-0.15, -0.1) is 0 Å². The molecule has 0 aromatic carbocycles. The first-order valence-electron chi connectivity index (χ1n) is 6.71. The van der Waals surface area contributed by atoms with E-state index in [1.807, 2.05) is 0 Å². The van der Waals surface area contributed by atoms with Crippen LogP contribution in [-0.4, -0.2) is 29.2 Å². The van der Waals surface area contributed by atoms with Crippen molar-refractivity contribution in [1.82, 2.24) is 10.6 Å². The molecule has 112 valence electrons. The summed E-state index contributed by atoms with van der Waals surface area (Å²) in [7, 11) is 0. The second kappa shape index (κ2) is 6.26. The second-order valence-electron chi connectivity index (χ2n) is 6.61. The first-order chi connectivity index (χ1) is 8.41. The summed E-state index contributed by atoms with van der Waals surface area (Å²) in [5.41, 5.74) is -1.89. The van der Waals surface area contributed by atoms with Gasteiger partial charge in [-0.05, 0) is 39.5 Å². The van der Waals surface area contributed by atoms with Crippen LogP contribution in [0.5, 0.6) is 0 Å². The maximum absolute atomic E-state index is 11.8. The van der Waals surface area contributed by atoms with E-state index in [1.54, 1.807) is 27.7 Å². The Labute approximate surface area is 116 Å². The van der Waals surface area contributed by atoms with Gasteiger partial charge in [0.05, 0.1) is 11.0 Å². The van der Waals surface area contributed by atoms with Gasteiger partial charge < -0.3 is 15.7 Å². The highest BCUT2D eigenvalue weighted by Crippen LogP contribution is 2.30. The number of hydrogen-bond acceptors (Lipinski definition) is 2. The molecule has 0 aliphatic carbocycles. The highest BCUT2D eigenvalue weighted by atomic mass is 16.4. The minimum absolute atomic E-state index is 0.327. The molecule has 0 spiro atoms. The number of carbonyl (C=O) groups is 2. The number of nitrogens with one attached hydrogen (secondary N) is 2. The number of carboxylic acid groups (broad SMARTS) is 1. The van der Waals surface area contributed by atoms with Crippen LogP contribution in [0.3, 0.4) is 0 Å². The van der Waals surface area contributed by atoms with Crippen molar-refractivity contribution in [3.8, 4) is 0 Å². The zero-order valence-electron chi connectivity index (χ0n) is 13.1. The van der Waals surface area contributed by atoms with E-state index < -0.39 is 16.9 Å². The van der Waals surface area contributed by atoms with Crippen LogP contribution >= 0.6 is 0 Å². The fraction of sp³-hybridized carbons (Fsp3) is 0.857. The van der Waals surface area contributed by atoms with Crippen molar-refractivity contribution in [3.05, 3.63) is 0 Å². The first-order valence-corrected chi connectivity index (χ1v) is 6.71. The Balaban J connectivity index is 4.52. The van der Waals surface area contributed by atoms with Crippen LogP contribution in [0.15, 0.2) is 0 Å². The normalized spacial score (nSPS) is 14.1. The molecule has 2 amide bonds. The molecule has 0 heterocycles. The number of hydrogen-bond donors (Lipinski definition) is 3. The molecule has 0 aromatic rings. The maximum Gasteiger partial charge on any atom is 0.315 e. The summed E-state index contributed by atoms with van der Waals surface area (Å²) in [6.45, 7) is 13.5. The Bertz CT molecular complexity index is 336. The molecule has 19 heavy (non-hydrogen) atoms. The van der Waals surface area contributed by atoms with Crippen molar-refractivity contribution in [1.29, 1.82) is 0 Å². The van der Waals surface area contributed by atoms with E-state index >= 15 is 0 Å². The lowest BCUT2D eigenvalue weighted by Crippen LogP contribution is -2.59. The topological polar surface area (TPSA) is 78.4 Å². The van der Waals surface area contributed by atoms with Crippen LogP contribution in [0.25, 0.3) is 0 Å². The highest BCUT2D eigenvalue weighted by molar-refractivity contribution is 5.79. The number of carboxylic acids is 1. The smallest absolute Gasteiger partial charge is 0.315 e. The van der Waals surface area contributed by atoms with Gasteiger partial charge >= 0.3 is 12.0 Å². The molecule has 0 radical (unpaired) electrons. The molecule has 0 rings (SSSR count). The van der Waals surface area contributed by atoms with E-state index in [9.17, 15) is 14.7 Å². The van der Waals surface area contributed by atoms with E-state index in [1.165, 1.54) is 0 Å². The van der Waals surface area contributed by atoms with Crippen LogP contribution < -0.4 is 10.6 Å². The van der Waals surface area contributed by atoms with Crippen molar-refractivity contribution in [2.24, 2.45) is 17.3 Å². The third-order valence-electron chi connectivity index (χ3n) is 4.25. The highest BCUT2D eigenvalue weighted by Gasteiger charge is 2.44. The summed E-state index contributed by atoms with van der Waals surface area (Å²) in [6.07, 6.45) is 0. The predicted octanol–water partition coefficient (Wildman–Crippen LogP) is 2.47. The summed E-state index contributed by atoms with van der Waals surface area (Å²) in [5, 5.41) is 14.7. The molecule has 3 N–H and O–H groups in total. The molecule has 0 bridgehead atoms. The van der Waals surface area contributed by atoms with Gasteiger partial charge in [0.2, 0.25) is 0 Å². The zero-order chi connectivity index (χ0) is 15.4. The summed E-state index contributed by atoms with van der Waals surface area (Å²) >= 11 is 0. The number of rotatable bonds is 6. The Morgan fingerprint density at radius 3 is 1.95 bits per heavy atom. The Kier molecular flexibility index (Phi) is 5.84. The molecule has 1 atom stereocenters. The standard InChI is InChI=1S/C14H28N2O3/c1-9(2)10(3)8-15-12(19)16-14(6,7)13(4,5)11(17)18/h9-10H,8H2,1-7H3,(H,17,18)(H2,15,16,19). The fourth-order valence-electron chi connectivity index (χ4n) is 1.24. The molecule has 0 aliphatic heterocycles. The minimum Gasteiger partial charge on any atom is -0.481 e. The van der Waals surface area contributed by atoms with E-state index in [0.717, 1.165) is 0 Å². The summed E-state index contributed by atoms with van der Waals surface area (Å²) in [6, 6.07) is -0.327. The maximum atomic E-state index is 11.8. The van der Waals surface area contributed by atoms with Gasteiger partial charge in [-0.25, -0.2) is 4.79 Å². The summed E-state index contributed by atoms with van der Waals surface area (Å²) in [4.78, 5) is 23.1. The summed E-state index contributed by atoms with van der Waals surface area (Å²) < 4.78 is 0. The average Bonchev–Trinajstić information content (AvgIpc) is 2.24. The quantitative estimate of drug-likeness (QED) is 0.695. The molecular formula is C14H28N2O3. The molecule has 0 aliphatic rings. The lowest BCUT2D eigenvalue weighted by atomic mass is 9.74. The number of aliphatic carboxylic acids is 1. The van der Waals surface area contributed by atoms with E-state index in [4.69, 9.17) is 0 Å². The second-order valence-corrected chi connectivity index (χ2v) is 6.61. The van der Waals surface area contributed by atoms with Crippen molar-refractivity contribution in [3.63, 3.8) is 0 Å². The van der Waals surface area contributed by atoms with Crippen LogP contribution in [0.1, 0.15) is 48.5 Å². The summed E-state index contributed by atoms with van der Waals surface area (Å²) in [5.74, 6) is -0.0709. The number of carbonyl (C=O) groups excluding carboxylic acids is 1. The van der Waals surface area contributed by atoms with Crippen LogP contribution in [0, 0.1) is 17.3 Å². The van der Waals surface area contributed by atoms with Gasteiger partial charge in [0.15, 0.2) is 0 Å². The molecule has 0 saturated heterocycles. The average molecular weight is 272 g/mol. The molecule has 0 fully saturated rings.